The summed E-state index contributed by atoms with van der Waals surface area (Å²) >= 11 is 0. The summed E-state index contributed by atoms with van der Waals surface area (Å²) in [5.74, 6) is -0.563. The molecule has 2 rings (SSSR count). The number of nitrogens with one attached hydrogen (secondary N) is 1. The van der Waals surface area contributed by atoms with Crippen LogP contribution in [-0.4, -0.2) is 28.2 Å². The fourth-order valence-electron chi connectivity index (χ4n) is 2.83. The Labute approximate surface area is 148 Å². The van der Waals surface area contributed by atoms with Crippen LogP contribution in [0, 0.1) is 0 Å². The Kier molecular flexibility index (Phi) is 4.95. The number of para-hydroxylation sites is 1. The molecular weight excluding hydrogens is 318 g/mol. The topological polar surface area (TPSA) is 86.4 Å². The van der Waals surface area contributed by atoms with E-state index in [0.717, 1.165) is 16.5 Å². The molecule has 1 aromatic heterocycles. The standard InChI is InChI=1S/C19H27N3O3/c1-18(2,3)25-17(24)21-16(23)15(20)19(4,5)13-11-22(6)14-10-8-7-9-12(13)14/h7-11,15H,20H2,1-6H3,(H,21,23,24)/t15-/m1/s1. The monoisotopic (exact) mass is 345 g/mol. The normalized spacial score (nSPS) is 13.6. The molecule has 0 aliphatic rings. The number of hydrogen-bond acceptors (Lipinski definition) is 4. The predicted molar refractivity (Wildman–Crippen MR) is 98.3 cm³/mol. The fourth-order valence-corrected chi connectivity index (χ4v) is 2.83. The zero-order valence-electron chi connectivity index (χ0n) is 15.7. The number of imide groups is 1. The van der Waals surface area contributed by atoms with Crippen LogP contribution in [0.1, 0.15) is 40.2 Å². The molecule has 2 amide bonds. The number of ether oxygens (including phenoxy) is 1. The largest absolute Gasteiger partial charge is 0.444 e. The van der Waals surface area contributed by atoms with Gasteiger partial charge in [0.15, 0.2) is 0 Å². The highest BCUT2D eigenvalue weighted by molar-refractivity contribution is 5.96. The molecule has 136 valence electrons. The average Bonchev–Trinajstić information content (AvgIpc) is 2.82. The second-order valence-corrected chi connectivity index (χ2v) is 7.86. The Morgan fingerprint density at radius 3 is 2.36 bits per heavy atom. The van der Waals surface area contributed by atoms with E-state index in [0.29, 0.717) is 0 Å². The van der Waals surface area contributed by atoms with E-state index in [-0.39, 0.29) is 0 Å². The minimum Gasteiger partial charge on any atom is -0.444 e. The van der Waals surface area contributed by atoms with Crippen molar-refractivity contribution < 1.29 is 14.3 Å². The van der Waals surface area contributed by atoms with Crippen molar-refractivity contribution in [3.8, 4) is 0 Å². The molecule has 0 aliphatic carbocycles. The molecular formula is C19H27N3O3. The first-order valence-corrected chi connectivity index (χ1v) is 8.27. The summed E-state index contributed by atoms with van der Waals surface area (Å²) in [6.07, 6.45) is 1.19. The molecule has 0 bridgehead atoms. The van der Waals surface area contributed by atoms with Crippen LogP contribution in [0.5, 0.6) is 0 Å². The van der Waals surface area contributed by atoms with Gasteiger partial charge in [-0.1, -0.05) is 32.0 Å². The van der Waals surface area contributed by atoms with Crippen LogP contribution >= 0.6 is 0 Å². The highest BCUT2D eigenvalue weighted by Gasteiger charge is 2.37. The van der Waals surface area contributed by atoms with E-state index in [1.54, 1.807) is 20.8 Å². The van der Waals surface area contributed by atoms with Gasteiger partial charge >= 0.3 is 6.09 Å². The number of aromatic nitrogens is 1. The summed E-state index contributed by atoms with van der Waals surface area (Å²) in [6, 6.07) is 7.03. The van der Waals surface area contributed by atoms with Gasteiger partial charge in [0, 0.05) is 29.6 Å². The maximum Gasteiger partial charge on any atom is 0.414 e. The number of amides is 2. The zero-order valence-corrected chi connectivity index (χ0v) is 15.7. The Morgan fingerprint density at radius 1 is 1.16 bits per heavy atom. The van der Waals surface area contributed by atoms with Crippen LogP contribution in [0.3, 0.4) is 0 Å². The summed E-state index contributed by atoms with van der Waals surface area (Å²) in [6.45, 7) is 8.99. The first-order valence-electron chi connectivity index (χ1n) is 8.27. The summed E-state index contributed by atoms with van der Waals surface area (Å²) in [5, 5.41) is 3.27. The minimum atomic E-state index is -0.911. The molecule has 1 aromatic carbocycles. The lowest BCUT2D eigenvalue weighted by Crippen LogP contribution is -2.53. The van der Waals surface area contributed by atoms with Crippen LogP contribution in [0.25, 0.3) is 10.9 Å². The summed E-state index contributed by atoms with van der Waals surface area (Å²) in [4.78, 5) is 24.3. The molecule has 0 radical (unpaired) electrons. The quantitative estimate of drug-likeness (QED) is 0.895. The van der Waals surface area contributed by atoms with Crippen LogP contribution in [0.2, 0.25) is 0 Å². The van der Waals surface area contributed by atoms with Gasteiger partial charge in [-0.05, 0) is 32.4 Å². The van der Waals surface area contributed by atoms with Gasteiger partial charge in [0.25, 0.3) is 0 Å². The molecule has 6 heteroatoms. The van der Waals surface area contributed by atoms with Gasteiger partial charge in [-0.3, -0.25) is 10.1 Å². The Bertz CT molecular complexity index is 800. The number of fused-ring (bicyclic) bond motifs is 1. The van der Waals surface area contributed by atoms with E-state index in [1.807, 2.05) is 55.9 Å². The van der Waals surface area contributed by atoms with Crippen molar-refractivity contribution in [3.05, 3.63) is 36.0 Å². The number of carbonyl (C=O) groups excluding carboxylic acids is 2. The Morgan fingerprint density at radius 2 is 1.76 bits per heavy atom. The lowest BCUT2D eigenvalue weighted by atomic mass is 9.77. The third kappa shape index (κ3) is 4.02. The minimum absolute atomic E-state index is 0.563. The van der Waals surface area contributed by atoms with Gasteiger partial charge in [0.1, 0.15) is 5.60 Å². The van der Waals surface area contributed by atoms with E-state index in [9.17, 15) is 9.59 Å². The smallest absolute Gasteiger partial charge is 0.414 e. The third-order valence-corrected chi connectivity index (χ3v) is 4.28. The molecule has 0 saturated heterocycles. The Hall–Kier alpha value is -2.34. The van der Waals surface area contributed by atoms with Crippen LogP contribution in [0.15, 0.2) is 30.5 Å². The summed E-state index contributed by atoms with van der Waals surface area (Å²) in [7, 11) is 1.95. The van der Waals surface area contributed by atoms with Crippen molar-refractivity contribution in [3.63, 3.8) is 0 Å². The second kappa shape index (κ2) is 6.52. The summed E-state index contributed by atoms with van der Waals surface area (Å²) in [5.41, 5.74) is 6.87. The number of nitrogens with two attached hydrogens (primary N) is 1. The number of aryl methyl sites for hydroxylation is 1. The molecule has 0 aliphatic heterocycles. The molecule has 0 spiro atoms. The van der Waals surface area contributed by atoms with E-state index >= 15 is 0 Å². The third-order valence-electron chi connectivity index (χ3n) is 4.28. The van der Waals surface area contributed by atoms with Crippen molar-refractivity contribution in [1.29, 1.82) is 0 Å². The number of alkyl carbamates (subject to hydrolysis) is 1. The second-order valence-electron chi connectivity index (χ2n) is 7.86. The molecule has 2 aromatic rings. The van der Waals surface area contributed by atoms with Crippen molar-refractivity contribution in [1.82, 2.24) is 9.88 Å². The average molecular weight is 345 g/mol. The maximum absolute atomic E-state index is 12.5. The Balaban J connectivity index is 2.25. The van der Waals surface area contributed by atoms with Crippen molar-refractivity contribution in [2.45, 2.75) is 51.7 Å². The zero-order chi connectivity index (χ0) is 19.0. The van der Waals surface area contributed by atoms with Crippen LogP contribution in [-0.2, 0) is 22.0 Å². The highest BCUT2D eigenvalue weighted by atomic mass is 16.6. The van der Waals surface area contributed by atoms with E-state index < -0.39 is 29.1 Å². The van der Waals surface area contributed by atoms with E-state index in [1.165, 1.54) is 0 Å². The first kappa shape index (κ1) is 19.0. The highest BCUT2D eigenvalue weighted by Crippen LogP contribution is 2.33. The SMILES string of the molecule is Cn1cc(C(C)(C)[C@H](N)C(=O)NC(=O)OC(C)(C)C)c2ccccc21. The molecule has 25 heavy (non-hydrogen) atoms. The van der Waals surface area contributed by atoms with Gasteiger partial charge in [-0.25, -0.2) is 4.79 Å². The van der Waals surface area contributed by atoms with E-state index in [4.69, 9.17) is 10.5 Å². The molecule has 0 saturated carbocycles. The van der Waals surface area contributed by atoms with Crippen molar-refractivity contribution in [2.75, 3.05) is 0 Å². The molecule has 1 heterocycles. The lowest BCUT2D eigenvalue weighted by molar-refractivity contribution is -0.123. The molecule has 6 nitrogen and oxygen atoms in total. The molecule has 0 fully saturated rings. The number of hydrogen-bond donors (Lipinski definition) is 2. The van der Waals surface area contributed by atoms with Crippen molar-refractivity contribution in [2.24, 2.45) is 12.8 Å². The van der Waals surface area contributed by atoms with E-state index in [2.05, 4.69) is 5.32 Å². The van der Waals surface area contributed by atoms with Gasteiger partial charge in [-0.15, -0.1) is 0 Å². The van der Waals surface area contributed by atoms with Gasteiger partial charge in [0.2, 0.25) is 5.91 Å². The first-order chi connectivity index (χ1) is 11.4. The molecule has 1 atom stereocenters. The van der Waals surface area contributed by atoms with Crippen LogP contribution < -0.4 is 11.1 Å². The number of carbonyl (C=O) groups is 2. The summed E-state index contributed by atoms with van der Waals surface area (Å²) < 4.78 is 7.13. The van der Waals surface area contributed by atoms with Gasteiger partial charge < -0.3 is 15.0 Å². The fraction of sp³-hybridized carbons (Fsp3) is 0.474. The lowest BCUT2D eigenvalue weighted by Gasteiger charge is -2.30. The number of nitrogens with zero attached hydrogens (tertiary/aromatic N) is 1. The number of benzene rings is 1. The maximum atomic E-state index is 12.5. The molecule has 0 unspecified atom stereocenters. The molecule has 3 N–H and O–H groups in total. The van der Waals surface area contributed by atoms with Gasteiger partial charge in [-0.2, -0.15) is 0 Å². The number of rotatable bonds is 3. The van der Waals surface area contributed by atoms with Crippen LogP contribution in [0.4, 0.5) is 4.79 Å². The van der Waals surface area contributed by atoms with Gasteiger partial charge in [0.05, 0.1) is 6.04 Å². The predicted octanol–water partition coefficient (Wildman–Crippen LogP) is 2.83. The van der Waals surface area contributed by atoms with Crippen molar-refractivity contribution >= 4 is 22.9 Å².